The Morgan fingerprint density at radius 1 is 1.25 bits per heavy atom. The topological polar surface area (TPSA) is 49.8 Å². The smallest absolute Gasteiger partial charge is 0.138 e. The molecule has 1 fully saturated rings. The number of imidazole rings is 1. The van der Waals surface area contributed by atoms with Crippen LogP contribution in [0.1, 0.15) is 6.92 Å². The SMILES string of the molecule is CC(CN)CN1CCN(c2cccc3nccn23)CC1. The van der Waals surface area contributed by atoms with E-state index in [1.165, 1.54) is 5.82 Å². The average molecular weight is 273 g/mol. The summed E-state index contributed by atoms with van der Waals surface area (Å²) >= 11 is 0. The van der Waals surface area contributed by atoms with E-state index in [4.69, 9.17) is 5.73 Å². The van der Waals surface area contributed by atoms with Crippen LogP contribution in [0.4, 0.5) is 5.82 Å². The van der Waals surface area contributed by atoms with Crippen molar-refractivity contribution < 1.29 is 0 Å². The second-order valence-electron chi connectivity index (χ2n) is 5.67. The summed E-state index contributed by atoms with van der Waals surface area (Å²) in [5.41, 5.74) is 6.73. The molecule has 2 aromatic heterocycles. The number of nitrogens with two attached hydrogens (primary N) is 1. The molecular formula is C15H23N5. The largest absolute Gasteiger partial charge is 0.355 e. The predicted molar refractivity (Wildman–Crippen MR) is 82.1 cm³/mol. The van der Waals surface area contributed by atoms with Gasteiger partial charge < -0.3 is 10.6 Å². The van der Waals surface area contributed by atoms with Gasteiger partial charge in [-0.05, 0) is 24.6 Å². The molecule has 1 aliphatic rings. The summed E-state index contributed by atoms with van der Waals surface area (Å²) in [5, 5.41) is 0. The van der Waals surface area contributed by atoms with Crippen LogP contribution in [0.5, 0.6) is 0 Å². The van der Waals surface area contributed by atoms with Gasteiger partial charge in [-0.1, -0.05) is 13.0 Å². The molecule has 3 heterocycles. The van der Waals surface area contributed by atoms with Crippen molar-refractivity contribution in [1.29, 1.82) is 0 Å². The van der Waals surface area contributed by atoms with Crippen molar-refractivity contribution in [3.8, 4) is 0 Å². The minimum absolute atomic E-state index is 0.582. The van der Waals surface area contributed by atoms with Gasteiger partial charge in [0.1, 0.15) is 11.5 Å². The van der Waals surface area contributed by atoms with E-state index in [9.17, 15) is 0 Å². The molecule has 0 spiro atoms. The highest BCUT2D eigenvalue weighted by Crippen LogP contribution is 2.18. The first-order valence-electron chi connectivity index (χ1n) is 7.37. The van der Waals surface area contributed by atoms with Gasteiger partial charge in [0, 0.05) is 45.1 Å². The lowest BCUT2D eigenvalue weighted by molar-refractivity contribution is 0.226. The van der Waals surface area contributed by atoms with Crippen molar-refractivity contribution in [2.24, 2.45) is 11.7 Å². The van der Waals surface area contributed by atoms with Gasteiger partial charge in [-0.15, -0.1) is 0 Å². The summed E-state index contributed by atoms with van der Waals surface area (Å²) in [6.45, 7) is 8.45. The van der Waals surface area contributed by atoms with Gasteiger partial charge in [0.25, 0.3) is 0 Å². The Morgan fingerprint density at radius 3 is 2.80 bits per heavy atom. The van der Waals surface area contributed by atoms with Gasteiger partial charge in [-0.25, -0.2) is 4.98 Å². The first kappa shape index (κ1) is 13.4. The number of piperazine rings is 1. The van der Waals surface area contributed by atoms with Crippen molar-refractivity contribution in [3.05, 3.63) is 30.6 Å². The number of fused-ring (bicyclic) bond motifs is 1. The van der Waals surface area contributed by atoms with Crippen LogP contribution in [0.2, 0.25) is 0 Å². The molecule has 1 atom stereocenters. The summed E-state index contributed by atoms with van der Waals surface area (Å²) in [5.74, 6) is 1.82. The van der Waals surface area contributed by atoms with Crippen molar-refractivity contribution in [2.45, 2.75) is 6.92 Å². The Hall–Kier alpha value is -1.59. The lowest BCUT2D eigenvalue weighted by atomic mass is 10.1. The van der Waals surface area contributed by atoms with Crippen LogP contribution >= 0.6 is 0 Å². The third kappa shape index (κ3) is 2.64. The maximum absolute atomic E-state index is 5.71. The molecule has 0 radical (unpaired) electrons. The van der Waals surface area contributed by atoms with Crippen LogP contribution in [0.15, 0.2) is 30.6 Å². The maximum Gasteiger partial charge on any atom is 0.138 e. The molecule has 0 saturated carbocycles. The third-order valence-electron chi connectivity index (χ3n) is 4.08. The van der Waals surface area contributed by atoms with Gasteiger partial charge in [0.05, 0.1) is 0 Å². The Bertz CT molecular complexity index is 556. The lowest BCUT2D eigenvalue weighted by Crippen LogP contribution is -2.48. The molecule has 5 heteroatoms. The van der Waals surface area contributed by atoms with Crippen LogP contribution in [0, 0.1) is 5.92 Å². The molecule has 0 aliphatic carbocycles. The quantitative estimate of drug-likeness (QED) is 0.904. The Balaban J connectivity index is 1.67. The zero-order valence-electron chi connectivity index (χ0n) is 12.1. The predicted octanol–water partition coefficient (Wildman–Crippen LogP) is 1.05. The Labute approximate surface area is 120 Å². The van der Waals surface area contributed by atoms with Gasteiger partial charge in [-0.2, -0.15) is 0 Å². The van der Waals surface area contributed by atoms with E-state index in [-0.39, 0.29) is 0 Å². The van der Waals surface area contributed by atoms with Crippen molar-refractivity contribution >= 4 is 11.5 Å². The standard InChI is InChI=1S/C15H23N5/c1-13(11-16)12-18-7-9-19(10-8-18)15-4-2-3-14-17-5-6-20(14)15/h2-6,13H,7-12,16H2,1H3. The highest BCUT2D eigenvalue weighted by Gasteiger charge is 2.19. The fraction of sp³-hybridized carbons (Fsp3) is 0.533. The maximum atomic E-state index is 5.71. The Kier molecular flexibility index (Phi) is 3.89. The fourth-order valence-electron chi connectivity index (χ4n) is 2.87. The molecule has 20 heavy (non-hydrogen) atoms. The normalized spacial score (nSPS) is 18.6. The zero-order valence-corrected chi connectivity index (χ0v) is 12.1. The van der Waals surface area contributed by atoms with Crippen molar-refractivity contribution in [1.82, 2.24) is 14.3 Å². The van der Waals surface area contributed by atoms with Crippen LogP contribution in [0.25, 0.3) is 5.65 Å². The third-order valence-corrected chi connectivity index (χ3v) is 4.08. The molecule has 1 aliphatic heterocycles. The van der Waals surface area contributed by atoms with Gasteiger partial charge in [-0.3, -0.25) is 9.30 Å². The molecule has 0 aromatic carbocycles. The van der Waals surface area contributed by atoms with Gasteiger partial charge in [0.2, 0.25) is 0 Å². The van der Waals surface area contributed by atoms with Crippen molar-refractivity contribution in [3.63, 3.8) is 0 Å². The number of anilines is 1. The first-order chi connectivity index (χ1) is 9.78. The summed E-state index contributed by atoms with van der Waals surface area (Å²) in [6.07, 6.45) is 3.89. The number of pyridine rings is 1. The molecule has 3 rings (SSSR count). The number of rotatable bonds is 4. The van der Waals surface area contributed by atoms with E-state index in [2.05, 4.69) is 38.2 Å². The zero-order chi connectivity index (χ0) is 13.9. The number of hydrogen-bond acceptors (Lipinski definition) is 4. The minimum atomic E-state index is 0.582. The van der Waals surface area contributed by atoms with Crippen LogP contribution < -0.4 is 10.6 Å². The monoisotopic (exact) mass is 273 g/mol. The van der Waals surface area contributed by atoms with E-state index in [0.29, 0.717) is 5.92 Å². The molecule has 108 valence electrons. The number of nitrogens with zero attached hydrogens (tertiary/aromatic N) is 4. The van der Waals surface area contributed by atoms with Gasteiger partial charge in [0.15, 0.2) is 0 Å². The molecule has 0 amide bonds. The molecular weight excluding hydrogens is 250 g/mol. The summed E-state index contributed by atoms with van der Waals surface area (Å²) in [7, 11) is 0. The average Bonchev–Trinajstić information content (AvgIpc) is 2.96. The second-order valence-corrected chi connectivity index (χ2v) is 5.67. The highest BCUT2D eigenvalue weighted by atomic mass is 15.3. The fourth-order valence-corrected chi connectivity index (χ4v) is 2.87. The highest BCUT2D eigenvalue weighted by molar-refractivity contribution is 5.51. The van der Waals surface area contributed by atoms with Crippen LogP contribution in [-0.2, 0) is 0 Å². The minimum Gasteiger partial charge on any atom is -0.355 e. The number of aromatic nitrogens is 2. The van der Waals surface area contributed by atoms with Gasteiger partial charge >= 0.3 is 0 Å². The number of hydrogen-bond donors (Lipinski definition) is 1. The molecule has 1 saturated heterocycles. The molecule has 5 nitrogen and oxygen atoms in total. The van der Waals surface area contributed by atoms with Crippen LogP contribution in [0.3, 0.4) is 0 Å². The second kappa shape index (κ2) is 5.81. The molecule has 2 aromatic rings. The summed E-state index contributed by atoms with van der Waals surface area (Å²) in [6, 6.07) is 6.30. The lowest BCUT2D eigenvalue weighted by Gasteiger charge is -2.37. The van der Waals surface area contributed by atoms with E-state index < -0.39 is 0 Å². The van der Waals surface area contributed by atoms with E-state index in [0.717, 1.165) is 44.9 Å². The molecule has 1 unspecified atom stereocenters. The Morgan fingerprint density at radius 2 is 2.05 bits per heavy atom. The van der Waals surface area contributed by atoms with E-state index >= 15 is 0 Å². The summed E-state index contributed by atoms with van der Waals surface area (Å²) < 4.78 is 2.16. The molecule has 2 N–H and O–H groups in total. The first-order valence-corrected chi connectivity index (χ1v) is 7.37. The molecule has 0 bridgehead atoms. The van der Waals surface area contributed by atoms with E-state index in [1.807, 2.05) is 18.5 Å². The van der Waals surface area contributed by atoms with Crippen molar-refractivity contribution in [2.75, 3.05) is 44.2 Å². The summed E-state index contributed by atoms with van der Waals surface area (Å²) in [4.78, 5) is 9.31. The van der Waals surface area contributed by atoms with E-state index in [1.54, 1.807) is 0 Å². The van der Waals surface area contributed by atoms with Crippen LogP contribution in [-0.4, -0.2) is 53.6 Å².